The zero-order chi connectivity index (χ0) is 18.4. The monoisotopic (exact) mass is 347 g/mol. The van der Waals surface area contributed by atoms with Crippen LogP contribution in [0.3, 0.4) is 0 Å². The molecule has 26 heavy (non-hydrogen) atoms. The van der Waals surface area contributed by atoms with Gasteiger partial charge in [-0.15, -0.1) is 0 Å². The number of para-hydroxylation sites is 1. The van der Waals surface area contributed by atoms with E-state index in [0.717, 1.165) is 10.5 Å². The van der Waals surface area contributed by atoms with E-state index >= 15 is 0 Å². The van der Waals surface area contributed by atoms with Gasteiger partial charge >= 0.3 is 6.09 Å². The van der Waals surface area contributed by atoms with Gasteiger partial charge in [0.1, 0.15) is 5.75 Å². The molecule has 0 spiro atoms. The van der Waals surface area contributed by atoms with E-state index in [4.69, 9.17) is 4.74 Å². The van der Waals surface area contributed by atoms with Gasteiger partial charge in [0.05, 0.1) is 12.1 Å². The summed E-state index contributed by atoms with van der Waals surface area (Å²) in [6.07, 6.45) is 2.16. The van der Waals surface area contributed by atoms with Gasteiger partial charge < -0.3 is 4.74 Å². The molecule has 0 saturated heterocycles. The molecule has 130 valence electrons. The number of carbonyl (C=O) groups is 2. The molecule has 3 rings (SSSR count). The second kappa shape index (κ2) is 8.02. The maximum absolute atomic E-state index is 12.9. The van der Waals surface area contributed by atoms with E-state index in [9.17, 15) is 9.59 Å². The average molecular weight is 347 g/mol. The van der Waals surface area contributed by atoms with Gasteiger partial charge in [-0.25, -0.2) is 9.78 Å². The molecule has 0 aliphatic carbocycles. The summed E-state index contributed by atoms with van der Waals surface area (Å²) in [4.78, 5) is 34.8. The van der Waals surface area contributed by atoms with Crippen LogP contribution in [-0.4, -0.2) is 22.0 Å². The highest BCUT2D eigenvalue weighted by Gasteiger charge is 2.28. The highest BCUT2D eigenvalue weighted by molar-refractivity contribution is 6.12. The van der Waals surface area contributed by atoms with E-state index in [0.29, 0.717) is 11.4 Å². The number of benzene rings is 2. The number of amides is 2. The van der Waals surface area contributed by atoms with Crippen LogP contribution in [0, 0.1) is 6.92 Å². The fourth-order valence-corrected chi connectivity index (χ4v) is 2.41. The molecule has 0 N–H and O–H groups in total. The van der Waals surface area contributed by atoms with Crippen molar-refractivity contribution in [2.24, 2.45) is 0 Å². The number of carbonyl (C=O) groups excluding carboxylic acids is 2. The molecular formula is C20H17N3O3. The first-order valence-electron chi connectivity index (χ1n) is 8.06. The predicted molar refractivity (Wildman–Crippen MR) is 96.9 cm³/mol. The third-order valence-electron chi connectivity index (χ3n) is 3.65. The highest BCUT2D eigenvalue weighted by atomic mass is 16.6. The number of nitrogens with zero attached hydrogens (tertiary/aromatic N) is 3. The van der Waals surface area contributed by atoms with Gasteiger partial charge in [-0.2, -0.15) is 4.90 Å². The summed E-state index contributed by atoms with van der Waals surface area (Å²) in [5.74, 6) is 0.0617. The fraction of sp³-hybridized carbons (Fsp3) is 0.100. The van der Waals surface area contributed by atoms with E-state index in [1.807, 2.05) is 36.4 Å². The van der Waals surface area contributed by atoms with Crippen molar-refractivity contribution in [2.75, 3.05) is 4.90 Å². The van der Waals surface area contributed by atoms with Crippen molar-refractivity contribution in [3.8, 4) is 5.75 Å². The van der Waals surface area contributed by atoms with Crippen molar-refractivity contribution < 1.29 is 14.3 Å². The standard InChI is InChI=1S/C20H17N3O3/c1-15-19(22-13-12-21-15)23(18(24)14-16-8-4-2-5-9-16)20(25)26-17-10-6-3-7-11-17/h2-13H,14H2,1H3. The van der Waals surface area contributed by atoms with E-state index in [1.54, 1.807) is 31.2 Å². The Morgan fingerprint density at radius 3 is 2.19 bits per heavy atom. The van der Waals surface area contributed by atoms with Crippen LogP contribution in [0.4, 0.5) is 10.6 Å². The third-order valence-corrected chi connectivity index (χ3v) is 3.65. The van der Waals surface area contributed by atoms with Crippen molar-refractivity contribution >= 4 is 17.8 Å². The molecule has 0 unspecified atom stereocenters. The van der Waals surface area contributed by atoms with Crippen LogP contribution in [-0.2, 0) is 11.2 Å². The lowest BCUT2D eigenvalue weighted by Crippen LogP contribution is -2.41. The maximum Gasteiger partial charge on any atom is 0.428 e. The van der Waals surface area contributed by atoms with Gasteiger partial charge in [-0.05, 0) is 24.6 Å². The highest BCUT2D eigenvalue weighted by Crippen LogP contribution is 2.19. The van der Waals surface area contributed by atoms with Gasteiger partial charge in [-0.3, -0.25) is 9.78 Å². The summed E-state index contributed by atoms with van der Waals surface area (Å²) < 4.78 is 5.34. The van der Waals surface area contributed by atoms with Crippen LogP contribution < -0.4 is 9.64 Å². The summed E-state index contributed by atoms with van der Waals surface area (Å²) in [5.41, 5.74) is 1.25. The zero-order valence-corrected chi connectivity index (χ0v) is 14.2. The molecule has 6 heteroatoms. The van der Waals surface area contributed by atoms with Crippen molar-refractivity contribution in [2.45, 2.75) is 13.3 Å². The van der Waals surface area contributed by atoms with Crippen LogP contribution >= 0.6 is 0 Å². The minimum absolute atomic E-state index is 0.0424. The Kier molecular flexibility index (Phi) is 5.34. The molecule has 1 heterocycles. The largest absolute Gasteiger partial charge is 0.428 e. The number of imide groups is 1. The van der Waals surface area contributed by atoms with Crippen LogP contribution in [0.15, 0.2) is 73.1 Å². The summed E-state index contributed by atoms with van der Waals surface area (Å²) in [7, 11) is 0. The lowest BCUT2D eigenvalue weighted by molar-refractivity contribution is -0.117. The number of aryl methyl sites for hydroxylation is 1. The first-order chi connectivity index (χ1) is 12.6. The molecule has 0 fully saturated rings. The first-order valence-corrected chi connectivity index (χ1v) is 8.06. The molecule has 1 aromatic heterocycles. The second-order valence-corrected chi connectivity index (χ2v) is 5.54. The molecule has 0 radical (unpaired) electrons. The lowest BCUT2D eigenvalue weighted by atomic mass is 10.1. The van der Waals surface area contributed by atoms with E-state index in [2.05, 4.69) is 9.97 Å². The summed E-state index contributed by atoms with van der Waals surface area (Å²) in [6, 6.07) is 17.8. The Hall–Kier alpha value is -3.54. The molecular weight excluding hydrogens is 330 g/mol. The Morgan fingerprint density at radius 2 is 1.54 bits per heavy atom. The maximum atomic E-state index is 12.9. The fourth-order valence-electron chi connectivity index (χ4n) is 2.41. The van der Waals surface area contributed by atoms with Crippen molar-refractivity contribution in [3.63, 3.8) is 0 Å². The van der Waals surface area contributed by atoms with Gasteiger partial charge in [0.15, 0.2) is 5.82 Å². The molecule has 0 saturated carbocycles. The van der Waals surface area contributed by atoms with Crippen LogP contribution in [0.1, 0.15) is 11.3 Å². The summed E-state index contributed by atoms with van der Waals surface area (Å²) in [6.45, 7) is 1.68. The van der Waals surface area contributed by atoms with Crippen LogP contribution in [0.2, 0.25) is 0 Å². The van der Waals surface area contributed by atoms with Crippen LogP contribution in [0.5, 0.6) is 5.75 Å². The van der Waals surface area contributed by atoms with Gasteiger partial charge in [0.2, 0.25) is 5.91 Å². The quantitative estimate of drug-likeness (QED) is 0.721. The van der Waals surface area contributed by atoms with Crippen LogP contribution in [0.25, 0.3) is 0 Å². The Labute approximate surface area is 151 Å². The number of aromatic nitrogens is 2. The summed E-state index contributed by atoms with van der Waals surface area (Å²) >= 11 is 0. The minimum atomic E-state index is -0.819. The topological polar surface area (TPSA) is 72.4 Å². The Balaban J connectivity index is 1.90. The number of hydrogen-bond acceptors (Lipinski definition) is 5. The number of hydrogen-bond donors (Lipinski definition) is 0. The van der Waals surface area contributed by atoms with Crippen molar-refractivity contribution in [1.82, 2.24) is 9.97 Å². The molecule has 0 aliphatic heterocycles. The third kappa shape index (κ3) is 4.10. The van der Waals surface area contributed by atoms with E-state index in [-0.39, 0.29) is 12.2 Å². The predicted octanol–water partition coefficient (Wildman–Crippen LogP) is 3.56. The molecule has 2 aromatic carbocycles. The Bertz CT molecular complexity index is 845. The number of ether oxygens (including phenoxy) is 1. The van der Waals surface area contributed by atoms with Crippen molar-refractivity contribution in [3.05, 3.63) is 84.3 Å². The number of anilines is 1. The van der Waals surface area contributed by atoms with Gasteiger partial charge in [0.25, 0.3) is 0 Å². The van der Waals surface area contributed by atoms with Gasteiger partial charge in [0, 0.05) is 12.4 Å². The average Bonchev–Trinajstić information content (AvgIpc) is 2.65. The van der Waals surface area contributed by atoms with E-state index < -0.39 is 12.0 Å². The number of rotatable bonds is 4. The first kappa shape index (κ1) is 17.3. The smallest absolute Gasteiger partial charge is 0.410 e. The van der Waals surface area contributed by atoms with Gasteiger partial charge in [-0.1, -0.05) is 48.5 Å². The van der Waals surface area contributed by atoms with E-state index in [1.165, 1.54) is 12.4 Å². The zero-order valence-electron chi connectivity index (χ0n) is 14.2. The Morgan fingerprint density at radius 1 is 0.923 bits per heavy atom. The molecule has 0 atom stereocenters. The molecule has 0 bridgehead atoms. The normalized spacial score (nSPS) is 10.2. The minimum Gasteiger partial charge on any atom is -0.410 e. The molecule has 3 aromatic rings. The second-order valence-electron chi connectivity index (χ2n) is 5.54. The lowest BCUT2D eigenvalue weighted by Gasteiger charge is -2.20. The molecule has 6 nitrogen and oxygen atoms in total. The molecule has 0 aliphatic rings. The van der Waals surface area contributed by atoms with Crippen molar-refractivity contribution in [1.29, 1.82) is 0 Å². The molecule has 2 amide bonds. The SMILES string of the molecule is Cc1nccnc1N(C(=O)Cc1ccccc1)C(=O)Oc1ccccc1. The summed E-state index contributed by atoms with van der Waals surface area (Å²) in [5, 5.41) is 0.